The Bertz CT molecular complexity index is 855. The number of fused-ring (bicyclic) bond motifs is 1. The molecule has 0 saturated heterocycles. The molecule has 0 aliphatic carbocycles. The molecule has 1 N–H and O–H groups in total. The number of nitrogens with one attached hydrogen (secondary N) is 1. The fraction of sp³-hybridized carbons (Fsp3) is 0.188. The zero-order chi connectivity index (χ0) is 15.5. The standard InChI is InChI=1S/C16H15N3O2S/c1-2-19(16(21)13-8-5-9-22-13)10-14-17-12-7-4-3-6-11(12)15(20)18-14/h3-9H,2,10H2,1H3,(H,17,18,20). The molecule has 0 bridgehead atoms. The van der Waals surface area contributed by atoms with Gasteiger partial charge < -0.3 is 9.88 Å². The maximum Gasteiger partial charge on any atom is 0.264 e. The number of benzene rings is 1. The molecule has 112 valence electrons. The van der Waals surface area contributed by atoms with E-state index < -0.39 is 0 Å². The molecule has 22 heavy (non-hydrogen) atoms. The van der Waals surface area contributed by atoms with E-state index in [0.29, 0.717) is 28.1 Å². The molecule has 5 nitrogen and oxygen atoms in total. The van der Waals surface area contributed by atoms with Crippen molar-refractivity contribution in [2.45, 2.75) is 13.5 Å². The number of para-hydroxylation sites is 1. The highest BCUT2D eigenvalue weighted by Gasteiger charge is 2.16. The van der Waals surface area contributed by atoms with Crippen molar-refractivity contribution in [2.24, 2.45) is 0 Å². The Balaban J connectivity index is 1.91. The van der Waals surface area contributed by atoms with Crippen LogP contribution in [-0.2, 0) is 6.54 Å². The van der Waals surface area contributed by atoms with E-state index in [9.17, 15) is 9.59 Å². The third kappa shape index (κ3) is 2.78. The van der Waals surface area contributed by atoms with E-state index in [2.05, 4.69) is 9.97 Å². The number of H-pyrrole nitrogens is 1. The summed E-state index contributed by atoms with van der Waals surface area (Å²) in [5.74, 6) is 0.448. The SMILES string of the molecule is CCN(Cc1nc2ccccc2c(=O)[nH]1)C(=O)c1cccs1. The lowest BCUT2D eigenvalue weighted by Crippen LogP contribution is -2.31. The van der Waals surface area contributed by atoms with Crippen LogP contribution in [0.15, 0.2) is 46.6 Å². The fourth-order valence-electron chi connectivity index (χ4n) is 2.27. The van der Waals surface area contributed by atoms with Crippen molar-refractivity contribution in [3.8, 4) is 0 Å². The summed E-state index contributed by atoms with van der Waals surface area (Å²) in [6, 6.07) is 10.8. The number of hydrogen-bond acceptors (Lipinski definition) is 4. The summed E-state index contributed by atoms with van der Waals surface area (Å²) in [6.07, 6.45) is 0. The molecule has 0 spiro atoms. The van der Waals surface area contributed by atoms with Gasteiger partial charge in [-0.15, -0.1) is 11.3 Å². The number of aromatic amines is 1. The summed E-state index contributed by atoms with van der Waals surface area (Å²) in [6.45, 7) is 2.74. The van der Waals surface area contributed by atoms with Crippen LogP contribution < -0.4 is 5.56 Å². The minimum absolute atomic E-state index is 0.0479. The minimum atomic E-state index is -0.180. The molecular weight excluding hydrogens is 298 g/mol. The van der Waals surface area contributed by atoms with Crippen LogP contribution in [0.25, 0.3) is 10.9 Å². The van der Waals surface area contributed by atoms with Gasteiger partial charge in [-0.05, 0) is 30.5 Å². The molecule has 0 saturated carbocycles. The first-order valence-corrected chi connectivity index (χ1v) is 7.87. The van der Waals surface area contributed by atoms with Gasteiger partial charge in [0.25, 0.3) is 11.5 Å². The van der Waals surface area contributed by atoms with Crippen LogP contribution in [-0.4, -0.2) is 27.3 Å². The fourth-order valence-corrected chi connectivity index (χ4v) is 2.96. The molecule has 2 heterocycles. The Labute approximate surface area is 131 Å². The van der Waals surface area contributed by atoms with Gasteiger partial charge in [0.2, 0.25) is 0 Å². The van der Waals surface area contributed by atoms with Gasteiger partial charge in [-0.1, -0.05) is 18.2 Å². The van der Waals surface area contributed by atoms with Crippen molar-refractivity contribution >= 4 is 28.1 Å². The van der Waals surface area contributed by atoms with Gasteiger partial charge in [0.15, 0.2) is 0 Å². The molecule has 0 aliphatic heterocycles. The Hall–Kier alpha value is -2.47. The van der Waals surface area contributed by atoms with Crippen molar-refractivity contribution in [3.05, 3.63) is 62.8 Å². The van der Waals surface area contributed by atoms with Gasteiger partial charge in [0, 0.05) is 6.54 Å². The van der Waals surface area contributed by atoms with Crippen LogP contribution in [0.4, 0.5) is 0 Å². The molecule has 0 radical (unpaired) electrons. The van der Waals surface area contributed by atoms with E-state index in [1.54, 1.807) is 29.2 Å². The molecule has 3 aromatic rings. The second kappa shape index (κ2) is 6.11. The van der Waals surface area contributed by atoms with Gasteiger partial charge >= 0.3 is 0 Å². The number of aromatic nitrogens is 2. The van der Waals surface area contributed by atoms with Gasteiger partial charge in [0.1, 0.15) is 5.82 Å². The Kier molecular flexibility index (Phi) is 4.02. The predicted molar refractivity (Wildman–Crippen MR) is 87.1 cm³/mol. The number of carbonyl (C=O) groups is 1. The normalized spacial score (nSPS) is 10.8. The molecule has 6 heteroatoms. The summed E-state index contributed by atoms with van der Waals surface area (Å²) in [7, 11) is 0. The summed E-state index contributed by atoms with van der Waals surface area (Å²) in [4.78, 5) is 34.0. The summed E-state index contributed by atoms with van der Waals surface area (Å²) in [5, 5.41) is 2.43. The monoisotopic (exact) mass is 313 g/mol. The Morgan fingerprint density at radius 2 is 2.09 bits per heavy atom. The quantitative estimate of drug-likeness (QED) is 0.805. The average molecular weight is 313 g/mol. The van der Waals surface area contributed by atoms with Crippen LogP contribution >= 0.6 is 11.3 Å². The van der Waals surface area contributed by atoms with Crippen LogP contribution in [0.3, 0.4) is 0 Å². The summed E-state index contributed by atoms with van der Waals surface area (Å²) in [5.41, 5.74) is 0.459. The van der Waals surface area contributed by atoms with Crippen molar-refractivity contribution in [2.75, 3.05) is 6.54 Å². The van der Waals surface area contributed by atoms with Gasteiger partial charge in [0.05, 0.1) is 22.3 Å². The van der Waals surface area contributed by atoms with Crippen LogP contribution in [0.2, 0.25) is 0 Å². The van der Waals surface area contributed by atoms with Gasteiger partial charge in [-0.3, -0.25) is 9.59 Å². The lowest BCUT2D eigenvalue weighted by molar-refractivity contribution is 0.0753. The minimum Gasteiger partial charge on any atom is -0.331 e. The topological polar surface area (TPSA) is 66.1 Å². The lowest BCUT2D eigenvalue weighted by atomic mass is 10.2. The second-order valence-electron chi connectivity index (χ2n) is 4.83. The van der Waals surface area contributed by atoms with Crippen molar-refractivity contribution in [1.29, 1.82) is 0 Å². The molecule has 1 aromatic carbocycles. The second-order valence-corrected chi connectivity index (χ2v) is 5.77. The van der Waals surface area contributed by atoms with Crippen molar-refractivity contribution in [1.82, 2.24) is 14.9 Å². The molecule has 0 aliphatic rings. The number of thiophene rings is 1. The highest BCUT2D eigenvalue weighted by Crippen LogP contribution is 2.14. The van der Waals surface area contributed by atoms with Gasteiger partial charge in [-0.25, -0.2) is 4.98 Å². The number of rotatable bonds is 4. The zero-order valence-corrected chi connectivity index (χ0v) is 12.9. The first-order valence-electron chi connectivity index (χ1n) is 6.99. The van der Waals surface area contributed by atoms with Gasteiger partial charge in [-0.2, -0.15) is 0 Å². The highest BCUT2D eigenvalue weighted by atomic mass is 32.1. The summed E-state index contributed by atoms with van der Waals surface area (Å²) < 4.78 is 0. The zero-order valence-electron chi connectivity index (χ0n) is 12.1. The van der Waals surface area contributed by atoms with E-state index in [1.807, 2.05) is 24.4 Å². The third-order valence-corrected chi connectivity index (χ3v) is 4.26. The molecule has 3 rings (SSSR count). The number of nitrogens with zero attached hydrogens (tertiary/aromatic N) is 2. The maximum atomic E-state index is 12.4. The van der Waals surface area contributed by atoms with E-state index >= 15 is 0 Å². The van der Waals surface area contributed by atoms with E-state index in [0.717, 1.165) is 0 Å². The number of amides is 1. The Morgan fingerprint density at radius 3 is 2.82 bits per heavy atom. The Morgan fingerprint density at radius 1 is 1.27 bits per heavy atom. The molecule has 0 unspecified atom stereocenters. The largest absolute Gasteiger partial charge is 0.331 e. The number of hydrogen-bond donors (Lipinski definition) is 1. The van der Waals surface area contributed by atoms with Crippen LogP contribution in [0, 0.1) is 0 Å². The predicted octanol–water partition coefficient (Wildman–Crippen LogP) is 2.65. The molecular formula is C16H15N3O2S. The van der Waals surface area contributed by atoms with E-state index in [-0.39, 0.29) is 18.0 Å². The molecule has 1 amide bonds. The van der Waals surface area contributed by atoms with E-state index in [4.69, 9.17) is 0 Å². The average Bonchev–Trinajstić information content (AvgIpc) is 3.06. The van der Waals surface area contributed by atoms with Crippen molar-refractivity contribution < 1.29 is 4.79 Å². The van der Waals surface area contributed by atoms with E-state index in [1.165, 1.54) is 11.3 Å². The molecule has 0 atom stereocenters. The smallest absolute Gasteiger partial charge is 0.264 e. The summed E-state index contributed by atoms with van der Waals surface area (Å²) >= 11 is 1.41. The maximum absolute atomic E-state index is 12.4. The molecule has 2 aromatic heterocycles. The lowest BCUT2D eigenvalue weighted by Gasteiger charge is -2.19. The first kappa shape index (κ1) is 14.5. The van der Waals surface area contributed by atoms with Crippen LogP contribution in [0.1, 0.15) is 22.4 Å². The number of carbonyl (C=O) groups excluding carboxylic acids is 1. The van der Waals surface area contributed by atoms with Crippen LogP contribution in [0.5, 0.6) is 0 Å². The molecule has 0 fully saturated rings. The first-order chi connectivity index (χ1) is 10.7. The van der Waals surface area contributed by atoms with Crippen molar-refractivity contribution in [3.63, 3.8) is 0 Å². The highest BCUT2D eigenvalue weighted by molar-refractivity contribution is 7.12. The third-order valence-electron chi connectivity index (χ3n) is 3.40.